The van der Waals surface area contributed by atoms with E-state index in [9.17, 15) is 9.59 Å². The van der Waals surface area contributed by atoms with Gasteiger partial charge in [-0.1, -0.05) is 40.2 Å². The van der Waals surface area contributed by atoms with E-state index in [4.69, 9.17) is 14.2 Å². The molecule has 0 saturated heterocycles. The van der Waals surface area contributed by atoms with E-state index in [0.717, 1.165) is 10.0 Å². The van der Waals surface area contributed by atoms with E-state index >= 15 is 0 Å². The first kappa shape index (κ1) is 19.9. The van der Waals surface area contributed by atoms with Crippen LogP contribution in [0.15, 0.2) is 70.9 Å². The number of Topliss-reactive ketones (excluding diaryl/α,β-unsaturated/α-hetero) is 1. The number of fused-ring (bicyclic) bond motifs is 1. The number of ketones is 1. The van der Waals surface area contributed by atoms with Gasteiger partial charge in [0.05, 0.1) is 18.2 Å². The molecule has 4 rings (SSSR count). The zero-order valence-corrected chi connectivity index (χ0v) is 17.9. The van der Waals surface area contributed by atoms with Crippen molar-refractivity contribution < 1.29 is 23.8 Å². The third-order valence-electron chi connectivity index (χ3n) is 4.74. The number of hydrogen-bond acceptors (Lipinski definition) is 5. The first-order chi connectivity index (χ1) is 14.5. The van der Waals surface area contributed by atoms with Gasteiger partial charge in [0.15, 0.2) is 5.76 Å². The lowest BCUT2D eigenvalue weighted by molar-refractivity contribution is 0.0732. The number of esters is 1. The quantitative estimate of drug-likeness (QED) is 0.285. The van der Waals surface area contributed by atoms with Gasteiger partial charge in [0, 0.05) is 10.0 Å². The summed E-state index contributed by atoms with van der Waals surface area (Å²) in [7, 11) is 1.53. The second kappa shape index (κ2) is 8.16. The molecule has 3 aromatic carbocycles. The van der Waals surface area contributed by atoms with E-state index in [1.807, 2.05) is 24.3 Å². The largest absolute Gasteiger partial charge is 0.497 e. The summed E-state index contributed by atoms with van der Waals surface area (Å²) in [5.41, 5.74) is 2.20. The third-order valence-corrected chi connectivity index (χ3v) is 5.46. The summed E-state index contributed by atoms with van der Waals surface area (Å²) >= 11 is 3.47. The number of allylic oxidation sites excluding steroid dienone is 1. The van der Waals surface area contributed by atoms with Gasteiger partial charge in [-0.15, -0.1) is 0 Å². The molecule has 3 aromatic rings. The van der Waals surface area contributed by atoms with Crippen LogP contribution >= 0.6 is 15.9 Å². The van der Waals surface area contributed by atoms with Crippen molar-refractivity contribution in [3.8, 4) is 17.2 Å². The molecule has 5 nitrogen and oxygen atoms in total. The van der Waals surface area contributed by atoms with Crippen LogP contribution in [0.1, 0.15) is 31.8 Å². The number of carbonyl (C=O) groups excluding carboxylic acids is 2. The maximum atomic E-state index is 12.8. The number of hydrogen-bond donors (Lipinski definition) is 0. The van der Waals surface area contributed by atoms with Crippen LogP contribution < -0.4 is 14.2 Å². The minimum absolute atomic E-state index is 0.213. The number of methoxy groups -OCH3 is 1. The summed E-state index contributed by atoms with van der Waals surface area (Å²) in [4.78, 5) is 25.3. The monoisotopic (exact) mass is 464 g/mol. The second-order valence-corrected chi connectivity index (χ2v) is 7.50. The molecule has 0 amide bonds. The Bertz CT molecular complexity index is 1200. The SMILES string of the molecule is COc1cccc(C(=O)Oc2ccc3c(c2C)O/C(=C\c2ccccc2Br)C3=O)c1. The van der Waals surface area contributed by atoms with Crippen LogP contribution in [0.2, 0.25) is 0 Å². The summed E-state index contributed by atoms with van der Waals surface area (Å²) in [6.45, 7) is 1.75. The standard InChI is InChI=1S/C24H17BrO5/c1-14-20(30-24(27)16-7-5-8-17(12-16)28-2)11-10-18-22(26)21(29-23(14)18)13-15-6-3-4-9-19(15)25/h3-13H,1-2H3/b21-13-. The fraction of sp³-hybridized carbons (Fsp3) is 0.0833. The molecular formula is C24H17BrO5. The first-order valence-corrected chi connectivity index (χ1v) is 9.96. The zero-order chi connectivity index (χ0) is 21.3. The molecule has 0 fully saturated rings. The molecule has 30 heavy (non-hydrogen) atoms. The lowest BCUT2D eigenvalue weighted by Crippen LogP contribution is -2.09. The van der Waals surface area contributed by atoms with Gasteiger partial charge in [-0.2, -0.15) is 0 Å². The third kappa shape index (κ3) is 3.74. The minimum atomic E-state index is -0.523. The maximum Gasteiger partial charge on any atom is 0.343 e. The molecule has 1 aliphatic rings. The van der Waals surface area contributed by atoms with Gasteiger partial charge in [-0.25, -0.2) is 4.79 Å². The molecule has 0 unspecified atom stereocenters. The molecule has 0 saturated carbocycles. The minimum Gasteiger partial charge on any atom is -0.497 e. The highest BCUT2D eigenvalue weighted by molar-refractivity contribution is 9.10. The van der Waals surface area contributed by atoms with Gasteiger partial charge < -0.3 is 14.2 Å². The van der Waals surface area contributed by atoms with E-state index < -0.39 is 5.97 Å². The van der Waals surface area contributed by atoms with Crippen molar-refractivity contribution in [2.24, 2.45) is 0 Å². The van der Waals surface area contributed by atoms with Crippen molar-refractivity contribution >= 4 is 33.8 Å². The fourth-order valence-corrected chi connectivity index (χ4v) is 3.52. The number of ether oxygens (including phenoxy) is 3. The van der Waals surface area contributed by atoms with Gasteiger partial charge >= 0.3 is 5.97 Å². The van der Waals surface area contributed by atoms with Crippen LogP contribution in [0.3, 0.4) is 0 Å². The van der Waals surface area contributed by atoms with Gasteiger partial charge in [-0.05, 0) is 55.0 Å². The number of benzene rings is 3. The Labute approximate surface area is 182 Å². The number of halogens is 1. The van der Waals surface area contributed by atoms with Crippen LogP contribution in [0.4, 0.5) is 0 Å². The van der Waals surface area contributed by atoms with Gasteiger partial charge in [0.25, 0.3) is 0 Å². The Morgan fingerprint density at radius 1 is 1.07 bits per heavy atom. The molecule has 6 heteroatoms. The van der Waals surface area contributed by atoms with Crippen molar-refractivity contribution in [2.75, 3.05) is 7.11 Å². The van der Waals surface area contributed by atoms with Gasteiger partial charge in [0.2, 0.25) is 5.78 Å². The average Bonchev–Trinajstić information content (AvgIpc) is 3.08. The van der Waals surface area contributed by atoms with E-state index in [0.29, 0.717) is 33.9 Å². The van der Waals surface area contributed by atoms with Crippen LogP contribution in [0.25, 0.3) is 6.08 Å². The molecular weight excluding hydrogens is 448 g/mol. The lowest BCUT2D eigenvalue weighted by atomic mass is 10.1. The maximum absolute atomic E-state index is 12.8. The van der Waals surface area contributed by atoms with Crippen LogP contribution in [0.5, 0.6) is 17.2 Å². The highest BCUT2D eigenvalue weighted by atomic mass is 79.9. The van der Waals surface area contributed by atoms with Crippen LogP contribution in [-0.2, 0) is 0 Å². The molecule has 0 N–H and O–H groups in total. The molecule has 0 aliphatic carbocycles. The first-order valence-electron chi connectivity index (χ1n) is 9.16. The number of carbonyl (C=O) groups is 2. The summed E-state index contributed by atoms with van der Waals surface area (Å²) < 4.78 is 17.4. The summed E-state index contributed by atoms with van der Waals surface area (Å²) in [6, 6.07) is 17.5. The second-order valence-electron chi connectivity index (χ2n) is 6.65. The Morgan fingerprint density at radius 3 is 2.63 bits per heavy atom. The van der Waals surface area contributed by atoms with E-state index in [1.54, 1.807) is 49.4 Å². The molecule has 1 heterocycles. The molecule has 0 atom stereocenters. The zero-order valence-electron chi connectivity index (χ0n) is 16.3. The number of rotatable bonds is 4. The Balaban J connectivity index is 1.62. The normalized spacial score (nSPS) is 13.7. The Hall–Kier alpha value is -3.38. The predicted molar refractivity (Wildman–Crippen MR) is 116 cm³/mol. The summed E-state index contributed by atoms with van der Waals surface area (Å²) in [5, 5.41) is 0. The molecule has 0 radical (unpaired) electrons. The molecule has 1 aliphatic heterocycles. The molecule has 0 aromatic heterocycles. The molecule has 0 bridgehead atoms. The summed E-state index contributed by atoms with van der Waals surface area (Å²) in [6.07, 6.45) is 1.69. The van der Waals surface area contributed by atoms with Crippen LogP contribution in [-0.4, -0.2) is 18.9 Å². The van der Waals surface area contributed by atoms with Crippen LogP contribution in [0, 0.1) is 6.92 Å². The highest BCUT2D eigenvalue weighted by Crippen LogP contribution is 2.39. The van der Waals surface area contributed by atoms with E-state index in [1.165, 1.54) is 7.11 Å². The topological polar surface area (TPSA) is 61.8 Å². The van der Waals surface area contributed by atoms with Crippen molar-refractivity contribution in [3.63, 3.8) is 0 Å². The Kier molecular flexibility index (Phi) is 5.42. The van der Waals surface area contributed by atoms with Crippen molar-refractivity contribution in [2.45, 2.75) is 6.92 Å². The van der Waals surface area contributed by atoms with Crippen molar-refractivity contribution in [1.82, 2.24) is 0 Å². The summed E-state index contributed by atoms with van der Waals surface area (Å²) in [5.74, 6) is 0.771. The van der Waals surface area contributed by atoms with Gasteiger partial charge in [-0.3, -0.25) is 4.79 Å². The van der Waals surface area contributed by atoms with E-state index in [-0.39, 0.29) is 11.5 Å². The fourth-order valence-electron chi connectivity index (χ4n) is 3.12. The van der Waals surface area contributed by atoms with Gasteiger partial charge in [0.1, 0.15) is 17.2 Å². The van der Waals surface area contributed by atoms with Crippen molar-refractivity contribution in [3.05, 3.63) is 93.1 Å². The Morgan fingerprint density at radius 2 is 1.87 bits per heavy atom. The highest BCUT2D eigenvalue weighted by Gasteiger charge is 2.30. The molecule has 150 valence electrons. The lowest BCUT2D eigenvalue weighted by Gasteiger charge is -2.10. The van der Waals surface area contributed by atoms with E-state index in [2.05, 4.69) is 15.9 Å². The van der Waals surface area contributed by atoms with Crippen molar-refractivity contribution in [1.29, 1.82) is 0 Å². The predicted octanol–water partition coefficient (Wildman–Crippen LogP) is 5.60. The molecule has 0 spiro atoms. The smallest absolute Gasteiger partial charge is 0.343 e. The average molecular weight is 465 g/mol.